The number of carbonyl (C=O) groups is 1. The molecule has 3 nitrogen and oxygen atoms in total. The number of carbonyl (C=O) groups excluding carboxylic acids is 1. The summed E-state index contributed by atoms with van der Waals surface area (Å²) < 4.78 is 6.13. The van der Waals surface area contributed by atoms with Crippen molar-refractivity contribution in [3.05, 3.63) is 64.1 Å². The second-order valence-corrected chi connectivity index (χ2v) is 5.51. The molecule has 0 aliphatic carbocycles. The minimum atomic E-state index is -0.0532. The first kappa shape index (κ1) is 15.6. The zero-order valence-corrected chi connectivity index (χ0v) is 13.5. The lowest BCUT2D eigenvalue weighted by Gasteiger charge is -2.09. The van der Waals surface area contributed by atoms with Gasteiger partial charge >= 0.3 is 0 Å². The zero-order valence-electron chi connectivity index (χ0n) is 11.9. The van der Waals surface area contributed by atoms with E-state index in [4.69, 9.17) is 4.74 Å². The Morgan fingerprint density at radius 2 is 1.86 bits per heavy atom. The standard InChI is InChI=1S/C17H18BrNO2/c1-21-16-11-5-2-7-13(16)8-6-12-19-17(20)14-9-3-4-10-15(14)18/h2-5,7,9-11H,6,8,12H2,1H3,(H,19,20). The molecule has 0 radical (unpaired) electrons. The minimum Gasteiger partial charge on any atom is -0.496 e. The molecule has 2 aromatic rings. The lowest BCUT2D eigenvalue weighted by atomic mass is 10.1. The first-order valence-corrected chi connectivity index (χ1v) is 7.66. The number of para-hydroxylation sites is 1. The average Bonchev–Trinajstić information content (AvgIpc) is 2.52. The lowest BCUT2D eigenvalue weighted by Crippen LogP contribution is -2.25. The molecule has 110 valence electrons. The van der Waals surface area contributed by atoms with Crippen LogP contribution in [0.4, 0.5) is 0 Å². The Morgan fingerprint density at radius 1 is 1.14 bits per heavy atom. The quantitative estimate of drug-likeness (QED) is 0.806. The third-order valence-electron chi connectivity index (χ3n) is 3.22. The Morgan fingerprint density at radius 3 is 2.62 bits per heavy atom. The van der Waals surface area contributed by atoms with Crippen LogP contribution in [-0.2, 0) is 6.42 Å². The topological polar surface area (TPSA) is 38.3 Å². The Bertz CT molecular complexity index is 613. The minimum absolute atomic E-state index is 0.0532. The van der Waals surface area contributed by atoms with Gasteiger partial charge in [-0.25, -0.2) is 0 Å². The van der Waals surface area contributed by atoms with Crippen LogP contribution >= 0.6 is 15.9 Å². The fraction of sp³-hybridized carbons (Fsp3) is 0.235. The summed E-state index contributed by atoms with van der Waals surface area (Å²) in [5.74, 6) is 0.845. The molecule has 4 heteroatoms. The molecule has 0 heterocycles. The number of hydrogen-bond acceptors (Lipinski definition) is 2. The van der Waals surface area contributed by atoms with E-state index in [1.807, 2.05) is 36.4 Å². The van der Waals surface area contributed by atoms with Gasteiger partial charge in [-0.15, -0.1) is 0 Å². The highest BCUT2D eigenvalue weighted by Gasteiger charge is 2.08. The van der Waals surface area contributed by atoms with Gasteiger partial charge in [-0.3, -0.25) is 4.79 Å². The van der Waals surface area contributed by atoms with Crippen molar-refractivity contribution in [2.75, 3.05) is 13.7 Å². The molecule has 0 saturated carbocycles. The number of methoxy groups -OCH3 is 1. The monoisotopic (exact) mass is 347 g/mol. The molecule has 0 spiro atoms. The van der Waals surface area contributed by atoms with E-state index in [0.717, 1.165) is 28.6 Å². The molecule has 21 heavy (non-hydrogen) atoms. The normalized spacial score (nSPS) is 10.2. The fourth-order valence-corrected chi connectivity index (χ4v) is 2.60. The molecule has 0 saturated heterocycles. The largest absolute Gasteiger partial charge is 0.496 e. The Balaban J connectivity index is 1.82. The van der Waals surface area contributed by atoms with Gasteiger partial charge in [0.2, 0.25) is 0 Å². The van der Waals surface area contributed by atoms with Crippen LogP contribution in [0, 0.1) is 0 Å². The molecule has 1 amide bonds. The van der Waals surface area contributed by atoms with E-state index in [2.05, 4.69) is 27.3 Å². The van der Waals surface area contributed by atoms with Crippen molar-refractivity contribution in [3.8, 4) is 5.75 Å². The third kappa shape index (κ3) is 4.33. The summed E-state index contributed by atoms with van der Waals surface area (Å²) in [7, 11) is 1.67. The highest BCUT2D eigenvalue weighted by atomic mass is 79.9. The second kappa shape index (κ2) is 7.84. The van der Waals surface area contributed by atoms with Crippen LogP contribution in [0.25, 0.3) is 0 Å². The predicted octanol–water partition coefficient (Wildman–Crippen LogP) is 3.82. The fourth-order valence-electron chi connectivity index (χ4n) is 2.13. The zero-order chi connectivity index (χ0) is 15.1. The van der Waals surface area contributed by atoms with Crippen LogP contribution in [0.2, 0.25) is 0 Å². The smallest absolute Gasteiger partial charge is 0.252 e. The Kier molecular flexibility index (Phi) is 5.81. The number of amides is 1. The highest BCUT2D eigenvalue weighted by molar-refractivity contribution is 9.10. The van der Waals surface area contributed by atoms with Crippen LogP contribution in [0.15, 0.2) is 53.0 Å². The van der Waals surface area contributed by atoms with Crippen LogP contribution in [0.1, 0.15) is 22.3 Å². The van der Waals surface area contributed by atoms with Gasteiger partial charge in [0.05, 0.1) is 12.7 Å². The Hall–Kier alpha value is -1.81. The number of nitrogens with one attached hydrogen (secondary N) is 1. The van der Waals surface area contributed by atoms with Crippen LogP contribution < -0.4 is 10.1 Å². The van der Waals surface area contributed by atoms with Crippen molar-refractivity contribution in [2.24, 2.45) is 0 Å². The molecule has 0 aromatic heterocycles. The van der Waals surface area contributed by atoms with E-state index in [1.165, 1.54) is 0 Å². The van der Waals surface area contributed by atoms with E-state index in [9.17, 15) is 4.79 Å². The van der Waals surface area contributed by atoms with Crippen molar-refractivity contribution in [2.45, 2.75) is 12.8 Å². The molecule has 0 unspecified atom stereocenters. The van der Waals surface area contributed by atoms with Crippen LogP contribution in [0.5, 0.6) is 5.75 Å². The number of rotatable bonds is 6. The maximum atomic E-state index is 12.0. The number of ether oxygens (including phenoxy) is 1. The lowest BCUT2D eigenvalue weighted by molar-refractivity contribution is 0.0952. The molecule has 0 aliphatic heterocycles. The molecule has 0 atom stereocenters. The summed E-state index contributed by atoms with van der Waals surface area (Å²) in [6, 6.07) is 15.4. The molecule has 1 N–H and O–H groups in total. The van der Waals surface area contributed by atoms with Gasteiger partial charge in [0.15, 0.2) is 0 Å². The average molecular weight is 348 g/mol. The summed E-state index contributed by atoms with van der Waals surface area (Å²) in [5, 5.41) is 2.94. The third-order valence-corrected chi connectivity index (χ3v) is 3.91. The highest BCUT2D eigenvalue weighted by Crippen LogP contribution is 2.19. The molecule has 0 bridgehead atoms. The molecule has 0 fully saturated rings. The second-order valence-electron chi connectivity index (χ2n) is 4.65. The van der Waals surface area contributed by atoms with E-state index in [1.54, 1.807) is 13.2 Å². The Labute approximate surface area is 133 Å². The van der Waals surface area contributed by atoms with Crippen LogP contribution in [0.3, 0.4) is 0 Å². The van der Waals surface area contributed by atoms with Crippen molar-refractivity contribution in [1.29, 1.82) is 0 Å². The van der Waals surface area contributed by atoms with Gasteiger partial charge < -0.3 is 10.1 Å². The summed E-state index contributed by atoms with van der Waals surface area (Å²) in [6.45, 7) is 0.637. The molecule has 2 aromatic carbocycles. The SMILES string of the molecule is COc1ccccc1CCCNC(=O)c1ccccc1Br. The summed E-state index contributed by atoms with van der Waals surface area (Å²) in [4.78, 5) is 12.0. The first-order chi connectivity index (χ1) is 10.2. The van der Waals surface area contributed by atoms with E-state index >= 15 is 0 Å². The van der Waals surface area contributed by atoms with Crippen molar-refractivity contribution >= 4 is 21.8 Å². The summed E-state index contributed by atoms with van der Waals surface area (Å²) in [5.41, 5.74) is 1.82. The predicted molar refractivity (Wildman–Crippen MR) is 87.8 cm³/mol. The van der Waals surface area contributed by atoms with Gasteiger partial charge in [0.1, 0.15) is 5.75 Å². The molecule has 2 rings (SSSR count). The molecular weight excluding hydrogens is 330 g/mol. The number of aryl methyl sites for hydroxylation is 1. The van der Waals surface area contributed by atoms with Crippen molar-refractivity contribution < 1.29 is 9.53 Å². The van der Waals surface area contributed by atoms with E-state index < -0.39 is 0 Å². The van der Waals surface area contributed by atoms with Crippen molar-refractivity contribution in [3.63, 3.8) is 0 Å². The van der Waals surface area contributed by atoms with E-state index in [-0.39, 0.29) is 5.91 Å². The van der Waals surface area contributed by atoms with Gasteiger partial charge in [0, 0.05) is 11.0 Å². The van der Waals surface area contributed by atoms with E-state index in [0.29, 0.717) is 12.1 Å². The number of halogens is 1. The van der Waals surface area contributed by atoms with Gasteiger partial charge in [-0.05, 0) is 52.5 Å². The number of hydrogen-bond donors (Lipinski definition) is 1. The maximum absolute atomic E-state index is 12.0. The maximum Gasteiger partial charge on any atom is 0.252 e. The number of benzene rings is 2. The van der Waals surface area contributed by atoms with Crippen LogP contribution in [-0.4, -0.2) is 19.6 Å². The van der Waals surface area contributed by atoms with Gasteiger partial charge in [-0.2, -0.15) is 0 Å². The molecule has 0 aliphatic rings. The van der Waals surface area contributed by atoms with Gasteiger partial charge in [-0.1, -0.05) is 30.3 Å². The molecular formula is C17H18BrNO2. The van der Waals surface area contributed by atoms with Crippen molar-refractivity contribution in [1.82, 2.24) is 5.32 Å². The first-order valence-electron chi connectivity index (χ1n) is 6.87. The summed E-state index contributed by atoms with van der Waals surface area (Å²) >= 11 is 3.38. The summed E-state index contributed by atoms with van der Waals surface area (Å²) in [6.07, 6.45) is 1.75. The van der Waals surface area contributed by atoms with Gasteiger partial charge in [0.25, 0.3) is 5.91 Å².